The fourth-order valence-corrected chi connectivity index (χ4v) is 0.763. The van der Waals surface area contributed by atoms with Crippen molar-refractivity contribution < 1.29 is 5.11 Å². The van der Waals surface area contributed by atoms with E-state index in [-0.39, 0.29) is 5.95 Å². The van der Waals surface area contributed by atoms with E-state index in [0.29, 0.717) is 5.95 Å². The molecular weight excluding hydrogens is 182 g/mol. The molecule has 0 bridgehead atoms. The Morgan fingerprint density at radius 3 is 2.29 bits per heavy atom. The molecule has 1 aromatic heterocycles. The van der Waals surface area contributed by atoms with Gasteiger partial charge in [-0.25, -0.2) is 5.10 Å². The van der Waals surface area contributed by atoms with Crippen molar-refractivity contribution in [2.75, 3.05) is 11.1 Å². The van der Waals surface area contributed by atoms with E-state index >= 15 is 0 Å². The zero-order chi connectivity index (χ0) is 11.0. The molecule has 0 fully saturated rings. The van der Waals surface area contributed by atoms with Crippen molar-refractivity contribution >= 4 is 11.9 Å². The first-order chi connectivity index (χ1) is 6.22. The number of nitrogens with one attached hydrogen (secondary N) is 2. The smallest absolute Gasteiger partial charge is 0.244 e. The maximum Gasteiger partial charge on any atom is 0.244 e. The molecule has 6 heteroatoms. The van der Waals surface area contributed by atoms with Crippen LogP contribution in [-0.2, 0) is 0 Å². The lowest BCUT2D eigenvalue weighted by Crippen LogP contribution is -2.51. The van der Waals surface area contributed by atoms with Gasteiger partial charge in [0.2, 0.25) is 11.9 Å². The van der Waals surface area contributed by atoms with E-state index in [4.69, 9.17) is 5.73 Å². The van der Waals surface area contributed by atoms with Crippen LogP contribution in [0.4, 0.5) is 11.9 Å². The average molecular weight is 199 g/mol. The van der Waals surface area contributed by atoms with Gasteiger partial charge in [-0.2, -0.15) is 4.98 Å². The normalized spacial score (nSPS) is 12.9. The molecule has 5 N–H and O–H groups in total. The Kier molecular flexibility index (Phi) is 2.41. The molecule has 0 spiro atoms. The predicted octanol–water partition coefficient (Wildman–Crippen LogP) is 0.348. The van der Waals surface area contributed by atoms with Gasteiger partial charge < -0.3 is 16.2 Å². The minimum absolute atomic E-state index is 0.249. The highest BCUT2D eigenvalue weighted by atomic mass is 16.3. The van der Waals surface area contributed by atoms with Gasteiger partial charge in [0.1, 0.15) is 0 Å². The lowest BCUT2D eigenvalue weighted by molar-refractivity contribution is 0.0237. The summed E-state index contributed by atoms with van der Waals surface area (Å²) < 4.78 is 0. The topological polar surface area (TPSA) is 99.8 Å². The maximum absolute atomic E-state index is 9.85. The van der Waals surface area contributed by atoms with Gasteiger partial charge in [-0.15, -0.1) is 5.10 Å². The zero-order valence-corrected chi connectivity index (χ0v) is 8.92. The van der Waals surface area contributed by atoms with Gasteiger partial charge in [0.05, 0.1) is 11.1 Å². The molecule has 0 amide bonds. The van der Waals surface area contributed by atoms with Gasteiger partial charge in [0, 0.05) is 0 Å². The number of anilines is 2. The highest BCUT2D eigenvalue weighted by Gasteiger charge is 2.35. The van der Waals surface area contributed by atoms with Gasteiger partial charge in [-0.3, -0.25) is 0 Å². The maximum atomic E-state index is 9.85. The second-order valence-corrected chi connectivity index (χ2v) is 4.35. The van der Waals surface area contributed by atoms with E-state index in [1.807, 2.05) is 13.8 Å². The molecule has 0 saturated heterocycles. The number of aromatic nitrogens is 3. The summed E-state index contributed by atoms with van der Waals surface area (Å²) in [5.74, 6) is 0.633. The summed E-state index contributed by atoms with van der Waals surface area (Å²) in [5.41, 5.74) is 3.95. The second kappa shape index (κ2) is 3.13. The fourth-order valence-electron chi connectivity index (χ4n) is 0.763. The monoisotopic (exact) mass is 199 g/mol. The Balaban J connectivity index is 2.78. The molecule has 0 aromatic carbocycles. The Labute approximate surface area is 82.9 Å². The molecule has 1 heterocycles. The summed E-state index contributed by atoms with van der Waals surface area (Å²) in [7, 11) is 0. The Morgan fingerprint density at radius 2 is 1.93 bits per heavy atom. The molecule has 0 aliphatic heterocycles. The molecule has 1 rings (SSSR count). The lowest BCUT2D eigenvalue weighted by Gasteiger charge is -2.37. The van der Waals surface area contributed by atoms with Gasteiger partial charge >= 0.3 is 0 Å². The third-order valence-corrected chi connectivity index (χ3v) is 2.46. The first kappa shape index (κ1) is 10.8. The first-order valence-electron chi connectivity index (χ1n) is 4.41. The average Bonchev–Trinajstić information content (AvgIpc) is 2.31. The van der Waals surface area contributed by atoms with Crippen LogP contribution in [0.15, 0.2) is 0 Å². The Bertz CT molecular complexity index is 312. The molecule has 0 atom stereocenters. The number of aromatic amines is 1. The minimum Gasteiger partial charge on any atom is -0.388 e. The number of aliphatic hydroxyl groups is 1. The van der Waals surface area contributed by atoms with E-state index in [0.717, 1.165) is 0 Å². The molecular formula is C8H17N5O. The number of hydrogen-bond donors (Lipinski definition) is 4. The predicted molar refractivity (Wildman–Crippen MR) is 54.8 cm³/mol. The quantitative estimate of drug-likeness (QED) is 0.563. The van der Waals surface area contributed by atoms with Crippen molar-refractivity contribution in [1.29, 1.82) is 0 Å². The highest BCUT2D eigenvalue weighted by Crippen LogP contribution is 2.24. The zero-order valence-electron chi connectivity index (χ0n) is 8.92. The van der Waals surface area contributed by atoms with Gasteiger partial charge in [-0.05, 0) is 27.7 Å². The van der Waals surface area contributed by atoms with Gasteiger partial charge in [-0.1, -0.05) is 0 Å². The second-order valence-electron chi connectivity index (χ2n) is 4.35. The van der Waals surface area contributed by atoms with Crippen LogP contribution in [0.2, 0.25) is 0 Å². The molecule has 80 valence electrons. The number of nitrogen functional groups attached to an aromatic ring is 1. The van der Waals surface area contributed by atoms with Crippen LogP contribution in [0.5, 0.6) is 0 Å². The van der Waals surface area contributed by atoms with Crippen LogP contribution in [0, 0.1) is 0 Å². The number of nitrogens with zero attached hydrogens (tertiary/aromatic N) is 2. The highest BCUT2D eigenvalue weighted by molar-refractivity contribution is 5.34. The Morgan fingerprint density at radius 1 is 1.36 bits per heavy atom. The Hall–Kier alpha value is -1.30. The summed E-state index contributed by atoms with van der Waals surface area (Å²) in [6.07, 6.45) is 0. The van der Waals surface area contributed by atoms with E-state index < -0.39 is 11.1 Å². The lowest BCUT2D eigenvalue weighted by atomic mass is 9.86. The van der Waals surface area contributed by atoms with Crippen molar-refractivity contribution in [3.05, 3.63) is 0 Å². The van der Waals surface area contributed by atoms with Crippen molar-refractivity contribution in [2.45, 2.75) is 38.8 Å². The van der Waals surface area contributed by atoms with Crippen LogP contribution in [0.1, 0.15) is 27.7 Å². The number of nitrogens with two attached hydrogens (primary N) is 1. The van der Waals surface area contributed by atoms with Crippen molar-refractivity contribution in [3.8, 4) is 0 Å². The van der Waals surface area contributed by atoms with Gasteiger partial charge in [0.25, 0.3) is 0 Å². The SMILES string of the molecule is CC(C)(O)C(C)(C)Nc1n[nH]c(N)n1. The largest absolute Gasteiger partial charge is 0.388 e. The molecule has 0 saturated carbocycles. The molecule has 0 aliphatic carbocycles. The van der Waals surface area contributed by atoms with Crippen LogP contribution >= 0.6 is 0 Å². The number of hydrogen-bond acceptors (Lipinski definition) is 5. The van der Waals surface area contributed by atoms with E-state index in [2.05, 4.69) is 20.5 Å². The van der Waals surface area contributed by atoms with Crippen molar-refractivity contribution in [1.82, 2.24) is 15.2 Å². The van der Waals surface area contributed by atoms with E-state index in [1.54, 1.807) is 13.8 Å². The summed E-state index contributed by atoms with van der Waals surface area (Å²) in [6, 6.07) is 0. The van der Waals surface area contributed by atoms with Gasteiger partial charge in [0.15, 0.2) is 0 Å². The summed E-state index contributed by atoms with van der Waals surface area (Å²) in [6.45, 7) is 7.16. The summed E-state index contributed by atoms with van der Waals surface area (Å²) >= 11 is 0. The van der Waals surface area contributed by atoms with Crippen LogP contribution in [0.3, 0.4) is 0 Å². The minimum atomic E-state index is -0.887. The number of H-pyrrole nitrogens is 1. The molecule has 1 aromatic rings. The molecule has 0 radical (unpaired) electrons. The fraction of sp³-hybridized carbons (Fsp3) is 0.750. The third-order valence-electron chi connectivity index (χ3n) is 2.46. The molecule has 0 unspecified atom stereocenters. The van der Waals surface area contributed by atoms with Crippen LogP contribution < -0.4 is 11.1 Å². The van der Waals surface area contributed by atoms with E-state index in [9.17, 15) is 5.11 Å². The first-order valence-corrected chi connectivity index (χ1v) is 4.41. The van der Waals surface area contributed by atoms with Crippen molar-refractivity contribution in [3.63, 3.8) is 0 Å². The van der Waals surface area contributed by atoms with E-state index in [1.165, 1.54) is 0 Å². The third kappa shape index (κ3) is 2.14. The molecule has 6 nitrogen and oxygen atoms in total. The molecule has 0 aliphatic rings. The van der Waals surface area contributed by atoms with Crippen molar-refractivity contribution in [2.24, 2.45) is 0 Å². The number of rotatable bonds is 3. The standard InChI is InChI=1S/C8H17N5O/c1-7(2,8(3,4)14)11-6-10-5(9)12-13-6/h14H,1-4H3,(H4,9,10,11,12,13). The molecule has 14 heavy (non-hydrogen) atoms. The van der Waals surface area contributed by atoms with Crippen LogP contribution in [-0.4, -0.2) is 31.4 Å². The summed E-state index contributed by atoms with van der Waals surface area (Å²) in [4.78, 5) is 3.90. The summed E-state index contributed by atoms with van der Waals surface area (Å²) in [5, 5.41) is 19.2. The van der Waals surface area contributed by atoms with Crippen LogP contribution in [0.25, 0.3) is 0 Å².